The molecular formula is C8H14N4O2. The molecular weight excluding hydrogens is 184 g/mol. The van der Waals surface area contributed by atoms with Gasteiger partial charge in [-0.15, -0.1) is 5.10 Å². The Labute approximate surface area is 81.9 Å². The molecule has 1 heterocycles. The third-order valence-electron chi connectivity index (χ3n) is 1.62. The molecule has 0 spiro atoms. The maximum Gasteiger partial charge on any atom is 0.375 e. The summed E-state index contributed by atoms with van der Waals surface area (Å²) in [4.78, 5) is 14.9. The minimum atomic E-state index is -0.519. The summed E-state index contributed by atoms with van der Waals surface area (Å²) >= 11 is 0. The summed E-state index contributed by atoms with van der Waals surface area (Å²) in [5, 5.41) is 5.90. The zero-order valence-corrected chi connectivity index (χ0v) is 8.28. The lowest BCUT2D eigenvalue weighted by molar-refractivity contribution is 0.0474. The second-order valence-corrected chi connectivity index (χ2v) is 3.36. The van der Waals surface area contributed by atoms with Gasteiger partial charge in [-0.05, 0) is 12.3 Å². The third kappa shape index (κ3) is 3.04. The molecule has 0 unspecified atom stereocenters. The van der Waals surface area contributed by atoms with Gasteiger partial charge >= 0.3 is 5.97 Å². The number of hydrogen-bond acceptors (Lipinski definition) is 5. The zero-order chi connectivity index (χ0) is 10.6. The summed E-state index contributed by atoms with van der Waals surface area (Å²) in [5.74, 6) is 0.0736. The SMILES string of the molecule is CC(C)CCOC(=O)c1nc(N)n[nH]1. The van der Waals surface area contributed by atoms with E-state index in [0.717, 1.165) is 6.42 Å². The molecule has 0 aliphatic rings. The molecule has 0 fully saturated rings. The van der Waals surface area contributed by atoms with Gasteiger partial charge in [-0.2, -0.15) is 4.98 Å². The molecule has 0 amide bonds. The van der Waals surface area contributed by atoms with Gasteiger partial charge < -0.3 is 10.5 Å². The van der Waals surface area contributed by atoms with Crippen LogP contribution in [0.3, 0.4) is 0 Å². The normalized spacial score (nSPS) is 10.5. The van der Waals surface area contributed by atoms with E-state index in [1.54, 1.807) is 0 Å². The zero-order valence-electron chi connectivity index (χ0n) is 8.28. The summed E-state index contributed by atoms with van der Waals surface area (Å²) in [5.41, 5.74) is 5.23. The number of H-pyrrole nitrogens is 1. The number of nitrogens with one attached hydrogen (secondary N) is 1. The van der Waals surface area contributed by atoms with Gasteiger partial charge in [0.25, 0.3) is 0 Å². The second-order valence-electron chi connectivity index (χ2n) is 3.36. The van der Waals surface area contributed by atoms with Crippen molar-refractivity contribution < 1.29 is 9.53 Å². The molecule has 0 aliphatic heterocycles. The van der Waals surface area contributed by atoms with E-state index in [2.05, 4.69) is 29.0 Å². The van der Waals surface area contributed by atoms with E-state index in [0.29, 0.717) is 12.5 Å². The topological polar surface area (TPSA) is 93.9 Å². The highest BCUT2D eigenvalue weighted by atomic mass is 16.5. The van der Waals surface area contributed by atoms with Gasteiger partial charge in [-0.3, -0.25) is 5.10 Å². The van der Waals surface area contributed by atoms with Crippen molar-refractivity contribution in [3.63, 3.8) is 0 Å². The lowest BCUT2D eigenvalue weighted by Gasteiger charge is -2.04. The van der Waals surface area contributed by atoms with E-state index in [-0.39, 0.29) is 11.8 Å². The van der Waals surface area contributed by atoms with Crippen molar-refractivity contribution in [3.8, 4) is 0 Å². The molecule has 0 saturated carbocycles. The summed E-state index contributed by atoms with van der Waals surface area (Å²) in [6.45, 7) is 4.50. The van der Waals surface area contributed by atoms with Gasteiger partial charge in [0.1, 0.15) is 0 Å². The average molecular weight is 198 g/mol. The fourth-order valence-corrected chi connectivity index (χ4v) is 0.822. The maximum absolute atomic E-state index is 11.2. The number of nitrogens with zero attached hydrogens (tertiary/aromatic N) is 2. The first-order chi connectivity index (χ1) is 6.59. The van der Waals surface area contributed by atoms with Gasteiger partial charge in [-0.1, -0.05) is 13.8 Å². The number of rotatable bonds is 4. The Kier molecular flexibility index (Phi) is 3.44. The van der Waals surface area contributed by atoms with Gasteiger partial charge in [0, 0.05) is 0 Å². The van der Waals surface area contributed by atoms with Gasteiger partial charge in [0.05, 0.1) is 6.61 Å². The molecule has 6 heteroatoms. The van der Waals surface area contributed by atoms with E-state index in [9.17, 15) is 4.79 Å². The molecule has 78 valence electrons. The van der Waals surface area contributed by atoms with Gasteiger partial charge in [0.2, 0.25) is 11.8 Å². The highest BCUT2D eigenvalue weighted by Crippen LogP contribution is 2.01. The van der Waals surface area contributed by atoms with Crippen molar-refractivity contribution in [2.24, 2.45) is 5.92 Å². The number of nitrogens with two attached hydrogens (primary N) is 1. The number of carbonyl (C=O) groups excluding carboxylic acids is 1. The van der Waals surface area contributed by atoms with Crippen LogP contribution in [0.1, 0.15) is 30.9 Å². The average Bonchev–Trinajstić information content (AvgIpc) is 2.51. The van der Waals surface area contributed by atoms with Crippen molar-refractivity contribution in [2.75, 3.05) is 12.3 Å². The molecule has 1 aromatic heterocycles. The molecule has 0 saturated heterocycles. The van der Waals surface area contributed by atoms with Crippen molar-refractivity contribution in [3.05, 3.63) is 5.82 Å². The Balaban J connectivity index is 2.36. The number of esters is 1. The largest absolute Gasteiger partial charge is 0.460 e. The Bertz CT molecular complexity index is 308. The number of carbonyl (C=O) groups is 1. The van der Waals surface area contributed by atoms with E-state index >= 15 is 0 Å². The highest BCUT2D eigenvalue weighted by molar-refractivity contribution is 5.85. The lowest BCUT2D eigenvalue weighted by atomic mass is 10.1. The van der Waals surface area contributed by atoms with Gasteiger partial charge in [0.15, 0.2) is 0 Å². The molecule has 1 rings (SSSR count). The van der Waals surface area contributed by atoms with Gasteiger partial charge in [-0.25, -0.2) is 4.79 Å². The number of hydrogen-bond donors (Lipinski definition) is 2. The molecule has 0 bridgehead atoms. The number of anilines is 1. The van der Waals surface area contributed by atoms with Crippen LogP contribution in [0.5, 0.6) is 0 Å². The minimum absolute atomic E-state index is 0.0424. The molecule has 14 heavy (non-hydrogen) atoms. The van der Waals surface area contributed by atoms with Crippen LogP contribution in [0.25, 0.3) is 0 Å². The summed E-state index contributed by atoms with van der Waals surface area (Å²) < 4.78 is 4.92. The number of nitrogen functional groups attached to an aromatic ring is 1. The van der Waals surface area contributed by atoms with E-state index in [1.807, 2.05) is 0 Å². The van der Waals surface area contributed by atoms with E-state index < -0.39 is 5.97 Å². The first-order valence-corrected chi connectivity index (χ1v) is 4.44. The van der Waals surface area contributed by atoms with Crippen LogP contribution in [-0.4, -0.2) is 27.8 Å². The molecule has 0 aromatic carbocycles. The molecule has 6 nitrogen and oxygen atoms in total. The fourth-order valence-electron chi connectivity index (χ4n) is 0.822. The Morgan fingerprint density at radius 3 is 2.86 bits per heavy atom. The predicted molar refractivity (Wildman–Crippen MR) is 50.5 cm³/mol. The van der Waals surface area contributed by atoms with E-state index in [4.69, 9.17) is 10.5 Å². The molecule has 1 aromatic rings. The fraction of sp³-hybridized carbons (Fsp3) is 0.625. The summed E-state index contributed by atoms with van der Waals surface area (Å²) in [7, 11) is 0. The smallest absolute Gasteiger partial charge is 0.375 e. The predicted octanol–water partition coefficient (Wildman–Crippen LogP) is 0.590. The second kappa shape index (κ2) is 4.59. The first-order valence-electron chi connectivity index (χ1n) is 4.44. The van der Waals surface area contributed by atoms with Crippen molar-refractivity contribution in [2.45, 2.75) is 20.3 Å². The van der Waals surface area contributed by atoms with Crippen molar-refractivity contribution in [1.82, 2.24) is 15.2 Å². The minimum Gasteiger partial charge on any atom is -0.460 e. The summed E-state index contributed by atoms with van der Waals surface area (Å²) in [6, 6.07) is 0. The lowest BCUT2D eigenvalue weighted by Crippen LogP contribution is -2.09. The van der Waals surface area contributed by atoms with Crippen LogP contribution < -0.4 is 5.73 Å². The molecule has 3 N–H and O–H groups in total. The van der Waals surface area contributed by atoms with Crippen LogP contribution in [0, 0.1) is 5.92 Å². The highest BCUT2D eigenvalue weighted by Gasteiger charge is 2.11. The molecule has 0 radical (unpaired) electrons. The first kappa shape index (κ1) is 10.5. The van der Waals surface area contributed by atoms with Crippen LogP contribution in [0.15, 0.2) is 0 Å². The quantitative estimate of drug-likeness (QED) is 0.690. The van der Waals surface area contributed by atoms with Crippen LogP contribution in [0.4, 0.5) is 5.95 Å². The maximum atomic E-state index is 11.2. The van der Waals surface area contributed by atoms with E-state index in [1.165, 1.54) is 0 Å². The van der Waals surface area contributed by atoms with Crippen molar-refractivity contribution in [1.29, 1.82) is 0 Å². The molecule has 0 atom stereocenters. The Hall–Kier alpha value is -1.59. The summed E-state index contributed by atoms with van der Waals surface area (Å²) in [6.07, 6.45) is 0.829. The number of aromatic nitrogens is 3. The van der Waals surface area contributed by atoms with Crippen LogP contribution in [-0.2, 0) is 4.74 Å². The third-order valence-corrected chi connectivity index (χ3v) is 1.62. The van der Waals surface area contributed by atoms with Crippen molar-refractivity contribution >= 4 is 11.9 Å². The Morgan fingerprint density at radius 1 is 1.64 bits per heavy atom. The van der Waals surface area contributed by atoms with Crippen LogP contribution in [0.2, 0.25) is 0 Å². The number of ether oxygens (including phenoxy) is 1. The molecule has 0 aliphatic carbocycles. The monoisotopic (exact) mass is 198 g/mol. The van der Waals surface area contributed by atoms with Crippen LogP contribution >= 0.6 is 0 Å². The standard InChI is InChI=1S/C8H14N4O2/c1-5(2)3-4-14-7(13)6-10-8(9)12-11-6/h5H,3-4H2,1-2H3,(H3,9,10,11,12). The Morgan fingerprint density at radius 2 is 2.36 bits per heavy atom. The number of aromatic amines is 1.